The zero-order valence-corrected chi connectivity index (χ0v) is 22.5. The van der Waals surface area contributed by atoms with Crippen LogP contribution < -0.4 is 15.4 Å². The minimum absolute atomic E-state index is 0.000621. The third-order valence-electron chi connectivity index (χ3n) is 5.27. The van der Waals surface area contributed by atoms with Gasteiger partial charge in [0.25, 0.3) is 11.8 Å². The first kappa shape index (κ1) is 27.2. The zero-order chi connectivity index (χ0) is 27.6. The maximum atomic E-state index is 13.5. The standard InChI is InChI=1S/C23H21Cl2N7O5S/c1-23(2,10-38(36)11-33)29-22(35)17-18-12(9-27-30-18)7-14(25)19(17)28-21(34)15-8-16(37-3)31-32(15)20-13(24)5-4-6-26-20/h4-9,33H,10H2,1-3H3,(H,27,30)(H,28,34)(H,29,35). The monoisotopic (exact) mass is 577 g/mol. The van der Waals surface area contributed by atoms with Crippen molar-refractivity contribution in [2.75, 3.05) is 18.2 Å². The molecule has 3 heterocycles. The summed E-state index contributed by atoms with van der Waals surface area (Å²) in [7, 11) is -0.428. The summed E-state index contributed by atoms with van der Waals surface area (Å²) in [6.07, 6.45) is 2.96. The van der Waals surface area contributed by atoms with Crippen LogP contribution >= 0.6 is 23.2 Å². The molecule has 0 unspecified atom stereocenters. The van der Waals surface area contributed by atoms with E-state index in [1.807, 2.05) is 0 Å². The molecule has 15 heteroatoms. The number of amides is 2. The van der Waals surface area contributed by atoms with Gasteiger partial charge in [-0.25, -0.2) is 13.9 Å². The van der Waals surface area contributed by atoms with Gasteiger partial charge >= 0.3 is 0 Å². The van der Waals surface area contributed by atoms with E-state index in [1.54, 1.807) is 31.4 Å². The number of nitrogens with zero attached hydrogens (tertiary/aromatic N) is 4. The number of pyridine rings is 1. The summed E-state index contributed by atoms with van der Waals surface area (Å²) in [4.78, 5) is 31.2. The Morgan fingerprint density at radius 3 is 2.71 bits per heavy atom. The van der Waals surface area contributed by atoms with Crippen LogP contribution in [0.15, 0.2) is 36.7 Å². The molecular weight excluding hydrogens is 557 g/mol. The molecule has 12 nitrogen and oxygen atoms in total. The Labute approximate surface area is 228 Å². The van der Waals surface area contributed by atoms with Gasteiger partial charge in [-0.05, 0) is 32.0 Å². The summed E-state index contributed by atoms with van der Waals surface area (Å²) >= 11 is 12.8. The van der Waals surface area contributed by atoms with Gasteiger partial charge in [0.1, 0.15) is 5.69 Å². The number of hydrogen-bond acceptors (Lipinski definition) is 8. The quantitative estimate of drug-likeness (QED) is 0.260. The molecule has 3 aromatic heterocycles. The van der Waals surface area contributed by atoms with Crippen molar-refractivity contribution in [1.82, 2.24) is 30.3 Å². The second-order valence-electron chi connectivity index (χ2n) is 8.61. The van der Waals surface area contributed by atoms with Crippen molar-refractivity contribution in [3.63, 3.8) is 0 Å². The lowest BCUT2D eigenvalue weighted by atomic mass is 10.0. The van der Waals surface area contributed by atoms with Crippen molar-refractivity contribution in [1.29, 1.82) is 0 Å². The molecule has 1 aromatic carbocycles. The van der Waals surface area contributed by atoms with Crippen molar-refractivity contribution >= 4 is 61.8 Å². The number of anilines is 1. The van der Waals surface area contributed by atoms with Crippen LogP contribution in [0.25, 0.3) is 16.7 Å². The molecule has 0 saturated heterocycles. The Morgan fingerprint density at radius 1 is 1.26 bits per heavy atom. The van der Waals surface area contributed by atoms with Crippen LogP contribution in [0, 0.1) is 5.37 Å². The molecule has 0 aliphatic rings. The Bertz CT molecular complexity index is 1710. The predicted octanol–water partition coefficient (Wildman–Crippen LogP) is 3.26. The number of halogens is 2. The molecule has 0 fully saturated rings. The van der Waals surface area contributed by atoms with Crippen molar-refractivity contribution in [3.8, 4) is 17.1 Å². The van der Waals surface area contributed by atoms with E-state index in [9.17, 15) is 13.8 Å². The van der Waals surface area contributed by atoms with Gasteiger partial charge in [0.15, 0.2) is 5.82 Å². The number of fused-ring (bicyclic) bond motifs is 1. The first-order valence-electron chi connectivity index (χ1n) is 10.9. The highest BCUT2D eigenvalue weighted by atomic mass is 35.5. The van der Waals surface area contributed by atoms with Gasteiger partial charge in [-0.15, -0.1) is 5.10 Å². The SMILES string of the molecule is COc1cc(C(=O)Nc2c(Cl)cc3cn[nH]c3c2C(=O)NC(C)(C)CS(=O)#CO)n(-c2ncccc2Cl)n1. The van der Waals surface area contributed by atoms with E-state index in [0.29, 0.717) is 10.9 Å². The summed E-state index contributed by atoms with van der Waals surface area (Å²) < 4.78 is 18.2. The molecule has 0 saturated carbocycles. The molecule has 4 aromatic rings. The lowest BCUT2D eigenvalue weighted by Crippen LogP contribution is -2.46. The van der Waals surface area contributed by atoms with E-state index in [2.05, 4.69) is 30.9 Å². The molecular formula is C23H21Cl2N7O5S. The van der Waals surface area contributed by atoms with Crippen LogP contribution in [0.4, 0.5) is 5.69 Å². The van der Waals surface area contributed by atoms with Crippen LogP contribution in [0.3, 0.4) is 0 Å². The van der Waals surface area contributed by atoms with Gasteiger partial charge in [-0.3, -0.25) is 14.7 Å². The van der Waals surface area contributed by atoms with Crippen molar-refractivity contribution in [2.45, 2.75) is 19.4 Å². The molecule has 0 spiro atoms. The molecule has 38 heavy (non-hydrogen) atoms. The number of aliphatic hydroxyl groups excluding tert-OH is 1. The molecule has 0 aliphatic heterocycles. The summed E-state index contributed by atoms with van der Waals surface area (Å²) in [5.74, 6) is -1.15. The Hall–Kier alpha value is -3.87. The van der Waals surface area contributed by atoms with E-state index in [1.165, 1.54) is 36.3 Å². The Morgan fingerprint density at radius 2 is 2.03 bits per heavy atom. The number of H-pyrrole nitrogens is 1. The first-order chi connectivity index (χ1) is 18.0. The summed E-state index contributed by atoms with van der Waals surface area (Å²) in [5.41, 5.74) is -0.752. The van der Waals surface area contributed by atoms with E-state index in [4.69, 9.17) is 33.0 Å². The number of methoxy groups -OCH3 is 1. The summed E-state index contributed by atoms with van der Waals surface area (Å²) in [6, 6.07) is 6.13. The van der Waals surface area contributed by atoms with Gasteiger partial charge < -0.3 is 20.5 Å². The van der Waals surface area contributed by atoms with Crippen LogP contribution in [0.1, 0.15) is 34.7 Å². The van der Waals surface area contributed by atoms with E-state index in [-0.39, 0.29) is 44.4 Å². The molecule has 0 aliphatic carbocycles. The topological polar surface area (TPSA) is 164 Å². The average Bonchev–Trinajstić information content (AvgIpc) is 3.50. The number of ether oxygens (including phenoxy) is 1. The molecule has 4 rings (SSSR count). The van der Waals surface area contributed by atoms with E-state index < -0.39 is 27.6 Å². The van der Waals surface area contributed by atoms with Crippen LogP contribution in [0.2, 0.25) is 10.0 Å². The highest BCUT2D eigenvalue weighted by Crippen LogP contribution is 2.34. The Balaban J connectivity index is 1.78. The third-order valence-corrected chi connectivity index (χ3v) is 7.05. The third kappa shape index (κ3) is 5.52. The molecule has 0 bridgehead atoms. The van der Waals surface area contributed by atoms with Gasteiger partial charge in [0.05, 0.1) is 61.5 Å². The maximum absolute atomic E-state index is 13.5. The molecule has 0 atom stereocenters. The molecule has 198 valence electrons. The number of benzene rings is 1. The first-order valence-corrected chi connectivity index (χ1v) is 12.9. The fraction of sp³-hybridized carbons (Fsp3) is 0.217. The van der Waals surface area contributed by atoms with Gasteiger partial charge in [0.2, 0.25) is 5.88 Å². The second kappa shape index (κ2) is 10.9. The van der Waals surface area contributed by atoms with Crippen molar-refractivity contribution in [3.05, 3.63) is 58.0 Å². The number of carbonyl (C=O) groups is 2. The number of aromatic amines is 1. The fourth-order valence-electron chi connectivity index (χ4n) is 3.67. The van der Waals surface area contributed by atoms with Crippen LogP contribution in [0.5, 0.6) is 5.88 Å². The average molecular weight is 578 g/mol. The van der Waals surface area contributed by atoms with Gasteiger partial charge in [-0.1, -0.05) is 23.2 Å². The Kier molecular flexibility index (Phi) is 7.76. The largest absolute Gasteiger partial charge is 0.480 e. The number of rotatable bonds is 7. The molecule has 0 radical (unpaired) electrons. The summed E-state index contributed by atoms with van der Waals surface area (Å²) in [5, 5.41) is 27.8. The van der Waals surface area contributed by atoms with Gasteiger partial charge in [-0.2, -0.15) is 5.10 Å². The summed E-state index contributed by atoms with van der Waals surface area (Å²) in [6.45, 7) is 3.24. The van der Waals surface area contributed by atoms with E-state index >= 15 is 0 Å². The number of carbonyl (C=O) groups excluding carboxylic acids is 2. The normalized spacial score (nSPS) is 11.2. The van der Waals surface area contributed by atoms with Crippen molar-refractivity contribution in [2.24, 2.45) is 0 Å². The maximum Gasteiger partial charge on any atom is 0.274 e. The number of aromatic nitrogens is 5. The van der Waals surface area contributed by atoms with Crippen molar-refractivity contribution < 1.29 is 23.6 Å². The lowest BCUT2D eigenvalue weighted by Gasteiger charge is -2.24. The van der Waals surface area contributed by atoms with Gasteiger partial charge in [0, 0.05) is 23.2 Å². The molecule has 4 N–H and O–H groups in total. The predicted molar refractivity (Wildman–Crippen MR) is 142 cm³/mol. The lowest BCUT2D eigenvalue weighted by molar-refractivity contribution is 0.0923. The number of nitrogens with one attached hydrogen (secondary N) is 3. The minimum Gasteiger partial charge on any atom is -0.480 e. The minimum atomic E-state index is -1.82. The van der Waals surface area contributed by atoms with E-state index in [0.717, 1.165) is 0 Å². The highest BCUT2D eigenvalue weighted by molar-refractivity contribution is 7.74. The number of aliphatic hydroxyl groups is 1. The van der Waals surface area contributed by atoms with Crippen LogP contribution in [-0.4, -0.2) is 64.5 Å². The molecule has 2 amide bonds. The number of hydrogen-bond donors (Lipinski definition) is 4. The fourth-order valence-corrected chi connectivity index (χ4v) is 4.92. The smallest absolute Gasteiger partial charge is 0.274 e. The zero-order valence-electron chi connectivity index (χ0n) is 20.2. The van der Waals surface area contributed by atoms with Crippen LogP contribution in [-0.2, 0) is 10.2 Å². The highest BCUT2D eigenvalue weighted by Gasteiger charge is 2.29. The second-order valence-corrected chi connectivity index (χ2v) is 10.6.